The van der Waals surface area contributed by atoms with Crippen LogP contribution < -0.4 is 5.32 Å². The number of carbonyl (C=O) groups excluding carboxylic acids is 1. The monoisotopic (exact) mass is 628 g/mol. The molecule has 1 unspecified atom stereocenters. The average Bonchev–Trinajstić information content (AvgIpc) is 2.99. The predicted octanol–water partition coefficient (Wildman–Crippen LogP) is 9.41. The highest BCUT2D eigenvalue weighted by atomic mass is 32.7. The van der Waals surface area contributed by atoms with Gasteiger partial charge in [-0.25, -0.2) is 4.79 Å². The zero-order chi connectivity index (χ0) is 30.1. The molecule has 2 aliphatic rings. The number of hydrogen-bond acceptors (Lipinski definition) is 4. The van der Waals surface area contributed by atoms with E-state index in [-0.39, 0.29) is 0 Å². The second kappa shape index (κ2) is 15.8. The van der Waals surface area contributed by atoms with E-state index in [1.807, 2.05) is 49.6 Å². The number of carbonyl (C=O) groups is 2. The van der Waals surface area contributed by atoms with Crippen molar-refractivity contribution in [3.05, 3.63) is 59.2 Å². The summed E-state index contributed by atoms with van der Waals surface area (Å²) in [6, 6.07) is 12.9. The van der Waals surface area contributed by atoms with Crippen LogP contribution in [0.4, 0.5) is 0 Å². The first-order chi connectivity index (χ1) is 20.2. The van der Waals surface area contributed by atoms with Crippen molar-refractivity contribution in [2.75, 3.05) is 12.0 Å². The van der Waals surface area contributed by atoms with Gasteiger partial charge in [0.15, 0.2) is 0 Å². The molecule has 2 N–H and O–H groups in total. The summed E-state index contributed by atoms with van der Waals surface area (Å²) in [7, 11) is -1.85. The van der Waals surface area contributed by atoms with Gasteiger partial charge in [-0.15, -0.1) is 0 Å². The molecule has 1 amide bonds. The third-order valence-electron chi connectivity index (χ3n) is 9.52. The molecule has 2 atom stereocenters. The number of amides is 1. The lowest BCUT2D eigenvalue weighted by Crippen LogP contribution is -2.41. The maximum Gasteiger partial charge on any atom is 0.418 e. The minimum absolute atomic E-state index is 0.353. The standard InChI is InChI=1S/C34H46NO4PS2/c1-24-11-9-10-16-28(24)30-21-27(17-18-29(30)32(36)35-31(33(37)38)19-20-42-2)34(40(39)41,22-25-12-5-3-6-13-25)23-26-14-7-4-8-15-26/h9-11,16-18,21,25-26,31H,3-8,12-15,19-20,22-23H2,1-2H3,(H2-,35,36,37,38,39,41)/p+1/t31-/m0/s1. The summed E-state index contributed by atoms with van der Waals surface area (Å²) in [4.78, 5) is 25.7. The summed E-state index contributed by atoms with van der Waals surface area (Å²) in [6.45, 7) is 2.03. The normalized spacial score (nSPS) is 17.9. The van der Waals surface area contributed by atoms with Gasteiger partial charge in [0.25, 0.3) is 5.91 Å². The van der Waals surface area contributed by atoms with Crippen molar-refractivity contribution >= 4 is 42.9 Å². The van der Waals surface area contributed by atoms with E-state index in [1.54, 1.807) is 11.8 Å². The molecule has 2 aliphatic carbocycles. The minimum atomic E-state index is -1.85. The first-order valence-electron chi connectivity index (χ1n) is 15.6. The van der Waals surface area contributed by atoms with Crippen molar-refractivity contribution in [2.45, 2.75) is 102 Å². The summed E-state index contributed by atoms with van der Waals surface area (Å²) < 4.78 is 13.9. The molecule has 2 aromatic carbocycles. The Morgan fingerprint density at radius 2 is 1.57 bits per heavy atom. The maximum atomic E-state index is 13.9. The van der Waals surface area contributed by atoms with E-state index in [2.05, 4.69) is 11.4 Å². The molecule has 228 valence electrons. The highest BCUT2D eigenvalue weighted by molar-refractivity contribution is 8.40. The van der Waals surface area contributed by atoms with Crippen LogP contribution in [-0.2, 0) is 14.5 Å². The van der Waals surface area contributed by atoms with E-state index in [0.717, 1.165) is 35.1 Å². The largest absolute Gasteiger partial charge is 0.480 e. The Bertz CT molecular complexity index is 1220. The summed E-state index contributed by atoms with van der Waals surface area (Å²) in [5.74, 6) is 0.254. The molecule has 0 heterocycles. The number of thioether (sulfide) groups is 1. The lowest BCUT2D eigenvalue weighted by Gasteiger charge is -2.34. The van der Waals surface area contributed by atoms with Crippen LogP contribution in [0.2, 0.25) is 0 Å². The Morgan fingerprint density at radius 1 is 0.976 bits per heavy atom. The average molecular weight is 629 g/mol. The first-order valence-corrected chi connectivity index (χ1v) is 19.4. The van der Waals surface area contributed by atoms with Crippen LogP contribution in [0.15, 0.2) is 42.5 Å². The number of thiol groups is 1. The third-order valence-corrected chi connectivity index (χ3v) is 12.7. The van der Waals surface area contributed by atoms with Gasteiger partial charge in [0, 0.05) is 24.0 Å². The van der Waals surface area contributed by atoms with Gasteiger partial charge in [-0.3, -0.25) is 4.79 Å². The predicted molar refractivity (Wildman–Crippen MR) is 179 cm³/mol. The van der Waals surface area contributed by atoms with Gasteiger partial charge in [-0.1, -0.05) is 99.1 Å². The summed E-state index contributed by atoms with van der Waals surface area (Å²) in [5, 5.41) is 12.0. The maximum absolute atomic E-state index is 13.9. The minimum Gasteiger partial charge on any atom is -0.480 e. The quantitative estimate of drug-likeness (QED) is 0.152. The van der Waals surface area contributed by atoms with E-state index in [4.69, 9.17) is 12.2 Å². The van der Waals surface area contributed by atoms with Crippen molar-refractivity contribution in [1.82, 2.24) is 5.32 Å². The molecule has 0 radical (unpaired) electrons. The molecule has 2 aromatic rings. The lowest BCUT2D eigenvalue weighted by atomic mass is 9.73. The summed E-state index contributed by atoms with van der Waals surface area (Å²) in [6.07, 6.45) is 16.1. The van der Waals surface area contributed by atoms with Crippen molar-refractivity contribution in [2.24, 2.45) is 11.8 Å². The van der Waals surface area contributed by atoms with E-state index in [0.29, 0.717) is 29.6 Å². The number of aliphatic carboxylic acids is 1. The Balaban J connectivity index is 1.81. The van der Waals surface area contributed by atoms with Crippen LogP contribution in [0.25, 0.3) is 11.1 Å². The number of carboxylic acid groups (broad SMARTS) is 1. The molecule has 0 spiro atoms. The number of hydrogen-bond donors (Lipinski definition) is 3. The van der Waals surface area contributed by atoms with Crippen LogP contribution >= 0.6 is 31.0 Å². The number of aryl methyl sites for hydroxylation is 1. The van der Waals surface area contributed by atoms with Gasteiger partial charge >= 0.3 is 13.0 Å². The van der Waals surface area contributed by atoms with Crippen LogP contribution in [0.1, 0.15) is 105 Å². The topological polar surface area (TPSA) is 83.5 Å². The third kappa shape index (κ3) is 8.21. The molecule has 2 fully saturated rings. The van der Waals surface area contributed by atoms with Gasteiger partial charge in [-0.05, 0) is 66.0 Å². The highest BCUT2D eigenvalue weighted by Crippen LogP contribution is 2.60. The van der Waals surface area contributed by atoms with Crippen LogP contribution in [0.5, 0.6) is 0 Å². The highest BCUT2D eigenvalue weighted by Gasteiger charge is 2.52. The second-order valence-electron chi connectivity index (χ2n) is 12.4. The summed E-state index contributed by atoms with van der Waals surface area (Å²) >= 11 is 6.32. The zero-order valence-electron chi connectivity index (χ0n) is 25.1. The SMILES string of the molecule is CSCC[C@H](NC(=O)c1ccc(C(CC2CCCCC2)(CC2CCCCC2)[P+](=O)S)cc1-c1ccccc1C)C(=O)O. The van der Waals surface area contributed by atoms with Crippen LogP contribution in [0, 0.1) is 18.8 Å². The fourth-order valence-corrected chi connectivity index (χ4v) is 9.68. The van der Waals surface area contributed by atoms with Crippen LogP contribution in [0.3, 0.4) is 0 Å². The molecular formula is C34H47NO4PS2+. The van der Waals surface area contributed by atoms with Crippen molar-refractivity contribution in [3.8, 4) is 11.1 Å². The van der Waals surface area contributed by atoms with Crippen molar-refractivity contribution in [1.29, 1.82) is 0 Å². The fourth-order valence-electron chi connectivity index (χ4n) is 7.18. The molecule has 2 saturated carbocycles. The Kier molecular flexibility index (Phi) is 12.4. The molecule has 4 rings (SSSR count). The van der Waals surface area contributed by atoms with Gasteiger partial charge in [0.1, 0.15) is 18.3 Å². The van der Waals surface area contributed by atoms with Crippen LogP contribution in [-0.4, -0.2) is 35.0 Å². The number of carboxylic acids is 1. The van der Waals surface area contributed by atoms with Gasteiger partial charge in [-0.2, -0.15) is 11.8 Å². The van der Waals surface area contributed by atoms with Gasteiger partial charge in [0.05, 0.1) is 0 Å². The van der Waals surface area contributed by atoms with Gasteiger partial charge in [0.2, 0.25) is 5.16 Å². The number of nitrogens with one attached hydrogen (secondary N) is 1. The molecule has 42 heavy (non-hydrogen) atoms. The van der Waals surface area contributed by atoms with E-state index in [1.165, 1.54) is 64.2 Å². The summed E-state index contributed by atoms with van der Waals surface area (Å²) in [5.41, 5.74) is 4.17. The van der Waals surface area contributed by atoms with Gasteiger partial charge < -0.3 is 10.4 Å². The molecule has 0 aromatic heterocycles. The number of rotatable bonds is 13. The lowest BCUT2D eigenvalue weighted by molar-refractivity contribution is -0.139. The molecule has 8 heteroatoms. The molecule has 0 bridgehead atoms. The van der Waals surface area contributed by atoms with Crippen molar-refractivity contribution in [3.63, 3.8) is 0 Å². The molecule has 5 nitrogen and oxygen atoms in total. The Labute approximate surface area is 262 Å². The molecular weight excluding hydrogens is 581 g/mol. The van der Waals surface area contributed by atoms with Crippen molar-refractivity contribution < 1.29 is 19.3 Å². The number of benzene rings is 2. The Hall–Kier alpha value is -1.82. The zero-order valence-corrected chi connectivity index (χ0v) is 27.8. The first kappa shape index (κ1) is 33.1. The van der Waals surface area contributed by atoms with E-state index >= 15 is 0 Å². The second-order valence-corrected chi connectivity index (χ2v) is 15.9. The Morgan fingerprint density at radius 3 is 2.10 bits per heavy atom. The van der Waals surface area contributed by atoms with E-state index in [9.17, 15) is 19.3 Å². The van der Waals surface area contributed by atoms with E-state index < -0.39 is 30.1 Å². The molecule has 0 aliphatic heterocycles. The molecule has 0 saturated heterocycles. The fraction of sp³-hybridized carbons (Fsp3) is 0.588. The smallest absolute Gasteiger partial charge is 0.418 e.